The van der Waals surface area contributed by atoms with Gasteiger partial charge >= 0.3 is 257 Å². The van der Waals surface area contributed by atoms with E-state index in [4.69, 9.17) is 0 Å². The van der Waals surface area contributed by atoms with Gasteiger partial charge in [0.15, 0.2) is 0 Å². The Morgan fingerprint density at radius 3 is 0.481 bits per heavy atom. The molecule has 0 rings (SSSR count). The van der Waals surface area contributed by atoms with E-state index in [-0.39, 0.29) is 0 Å². The molecule has 0 aliphatic rings. The predicted molar refractivity (Wildman–Crippen MR) is 249 cm³/mol. The van der Waals surface area contributed by atoms with E-state index in [1.54, 1.807) is 37.7 Å². The predicted octanol–water partition coefficient (Wildman–Crippen LogP) is 19.6. The SMILES string of the molecule is CCCCCCCCCCCCCCCC[PH](CCCCCCCCCCCCCCCC)(CCCCCCCCCCCCCCCC)C(C)C. The van der Waals surface area contributed by atoms with Crippen molar-refractivity contribution in [1.29, 1.82) is 0 Å². The zero-order chi connectivity index (χ0) is 37.9. The fourth-order valence-electron chi connectivity index (χ4n) is 9.26. The molecule has 0 heterocycles. The molecule has 0 aliphatic carbocycles. The molecule has 0 unspecified atom stereocenters. The van der Waals surface area contributed by atoms with Gasteiger partial charge in [0.25, 0.3) is 0 Å². The summed E-state index contributed by atoms with van der Waals surface area (Å²) in [5.74, 6) is 0. The van der Waals surface area contributed by atoms with E-state index in [1.165, 1.54) is 250 Å². The van der Waals surface area contributed by atoms with Crippen molar-refractivity contribution in [3.8, 4) is 0 Å². The molecular weight excluding hydrogens is 644 g/mol. The molecule has 0 aromatic rings. The van der Waals surface area contributed by atoms with Crippen LogP contribution in [0.1, 0.15) is 304 Å². The van der Waals surface area contributed by atoms with Gasteiger partial charge in [-0.1, -0.05) is 78.6 Å². The van der Waals surface area contributed by atoms with Gasteiger partial charge < -0.3 is 0 Å². The average Bonchev–Trinajstić information content (AvgIpc) is 3.14. The molecule has 0 aliphatic heterocycles. The molecule has 0 aromatic heterocycles. The quantitative estimate of drug-likeness (QED) is 0.0429. The van der Waals surface area contributed by atoms with Crippen LogP contribution in [0, 0.1) is 0 Å². The Labute approximate surface area is 334 Å². The maximum absolute atomic E-state index is 2.66. The molecular formula is C51H107P. The molecule has 0 aromatic carbocycles. The molecule has 0 atom stereocenters. The maximum atomic E-state index is 2.66. The summed E-state index contributed by atoms with van der Waals surface area (Å²) >= 11 is 0. The van der Waals surface area contributed by atoms with Gasteiger partial charge in [0.1, 0.15) is 0 Å². The van der Waals surface area contributed by atoms with Crippen molar-refractivity contribution in [3.63, 3.8) is 0 Å². The topological polar surface area (TPSA) is 0 Å². The minimum atomic E-state index is -1.18. The van der Waals surface area contributed by atoms with E-state index in [0.717, 1.165) is 5.66 Å². The molecule has 0 radical (unpaired) electrons. The Kier molecular flexibility index (Phi) is 44.5. The number of hydrogen-bond donors (Lipinski definition) is 0. The summed E-state index contributed by atoms with van der Waals surface area (Å²) < 4.78 is 0. The van der Waals surface area contributed by atoms with Crippen LogP contribution in [0.2, 0.25) is 0 Å². The third-order valence-electron chi connectivity index (χ3n) is 13.3. The summed E-state index contributed by atoms with van der Waals surface area (Å²) in [5.41, 5.74) is 0.985. The zero-order valence-corrected chi connectivity index (χ0v) is 38.9. The molecule has 0 saturated carbocycles. The van der Waals surface area contributed by atoms with Crippen LogP contribution in [0.3, 0.4) is 0 Å². The first kappa shape index (κ1) is 52.4. The van der Waals surface area contributed by atoms with Crippen LogP contribution in [0.5, 0.6) is 0 Å². The van der Waals surface area contributed by atoms with Crippen LogP contribution < -0.4 is 0 Å². The van der Waals surface area contributed by atoms with E-state index >= 15 is 0 Å². The molecule has 0 spiro atoms. The Hall–Kier alpha value is 0.430. The van der Waals surface area contributed by atoms with Crippen molar-refractivity contribution < 1.29 is 0 Å². The zero-order valence-electron chi connectivity index (χ0n) is 37.9. The van der Waals surface area contributed by atoms with Crippen molar-refractivity contribution in [3.05, 3.63) is 0 Å². The van der Waals surface area contributed by atoms with Crippen LogP contribution in [-0.4, -0.2) is 24.1 Å². The van der Waals surface area contributed by atoms with Crippen LogP contribution in [-0.2, 0) is 0 Å². The third kappa shape index (κ3) is 37.4. The normalized spacial score (nSPS) is 12.4. The van der Waals surface area contributed by atoms with Crippen LogP contribution in [0.4, 0.5) is 0 Å². The Balaban J connectivity index is 4.34. The van der Waals surface area contributed by atoms with Gasteiger partial charge in [-0.15, -0.1) is 0 Å². The Morgan fingerprint density at radius 2 is 0.346 bits per heavy atom. The van der Waals surface area contributed by atoms with E-state index in [9.17, 15) is 0 Å². The molecule has 316 valence electrons. The van der Waals surface area contributed by atoms with Crippen molar-refractivity contribution in [1.82, 2.24) is 0 Å². The van der Waals surface area contributed by atoms with Gasteiger partial charge in [-0.2, -0.15) is 0 Å². The van der Waals surface area contributed by atoms with E-state index < -0.39 is 7.26 Å². The first-order valence-corrected chi connectivity index (χ1v) is 28.3. The molecule has 52 heavy (non-hydrogen) atoms. The number of rotatable bonds is 46. The molecule has 0 amide bonds. The van der Waals surface area contributed by atoms with Gasteiger partial charge in [-0.3, -0.25) is 0 Å². The minimum absolute atomic E-state index is 0.985. The number of hydrogen-bond acceptors (Lipinski definition) is 0. The first-order chi connectivity index (χ1) is 25.6. The first-order valence-electron chi connectivity index (χ1n) is 25.6. The van der Waals surface area contributed by atoms with Gasteiger partial charge in [-0.05, 0) is 0 Å². The summed E-state index contributed by atoms with van der Waals surface area (Å²) in [7, 11) is -1.18. The Morgan fingerprint density at radius 1 is 0.212 bits per heavy atom. The fourth-order valence-corrected chi connectivity index (χ4v) is 14.6. The summed E-state index contributed by atoms with van der Waals surface area (Å²) in [6, 6.07) is 0. The van der Waals surface area contributed by atoms with Gasteiger partial charge in [-0.25, -0.2) is 0 Å². The monoisotopic (exact) mass is 751 g/mol. The van der Waals surface area contributed by atoms with Crippen molar-refractivity contribution >= 4 is 7.26 Å². The third-order valence-corrected chi connectivity index (χ3v) is 19.8. The molecule has 0 saturated heterocycles. The molecule has 0 N–H and O–H groups in total. The van der Waals surface area contributed by atoms with E-state index in [1.807, 2.05) is 0 Å². The Bertz CT molecular complexity index is 546. The standard InChI is InChI=1S/C51H107P/c1-6-9-12-15-18-21-24-27-30-33-36-39-42-45-48-52(51(4)5,49-46-43-40-37-34-31-28-25-22-19-16-13-10-7-2)50-47-44-41-38-35-32-29-26-23-20-17-14-11-8-3/h51-52H,6-50H2,1-5H3. The van der Waals surface area contributed by atoms with Gasteiger partial charge in [0, 0.05) is 0 Å². The van der Waals surface area contributed by atoms with Crippen molar-refractivity contribution in [2.45, 2.75) is 310 Å². The van der Waals surface area contributed by atoms with Crippen LogP contribution >= 0.6 is 7.26 Å². The van der Waals surface area contributed by atoms with Crippen molar-refractivity contribution in [2.24, 2.45) is 0 Å². The average molecular weight is 751 g/mol. The molecule has 0 fully saturated rings. The van der Waals surface area contributed by atoms with E-state index in [0.29, 0.717) is 0 Å². The molecule has 0 nitrogen and oxygen atoms in total. The number of unbranched alkanes of at least 4 members (excludes halogenated alkanes) is 39. The summed E-state index contributed by atoms with van der Waals surface area (Å²) in [6.07, 6.45) is 67.4. The second kappa shape index (κ2) is 44.1. The fraction of sp³-hybridized carbons (Fsp3) is 1.00. The summed E-state index contributed by atoms with van der Waals surface area (Å²) in [5, 5.41) is 0. The second-order valence-electron chi connectivity index (χ2n) is 18.6. The molecule has 0 bridgehead atoms. The van der Waals surface area contributed by atoms with Crippen LogP contribution in [0.15, 0.2) is 0 Å². The summed E-state index contributed by atoms with van der Waals surface area (Å²) in [4.78, 5) is 0. The van der Waals surface area contributed by atoms with E-state index in [2.05, 4.69) is 34.6 Å². The summed E-state index contributed by atoms with van der Waals surface area (Å²) in [6.45, 7) is 12.3. The second-order valence-corrected chi connectivity index (χ2v) is 23.9. The van der Waals surface area contributed by atoms with Crippen LogP contribution in [0.25, 0.3) is 0 Å². The van der Waals surface area contributed by atoms with Gasteiger partial charge in [0.2, 0.25) is 0 Å². The molecule has 1 heteroatoms. The van der Waals surface area contributed by atoms with Crippen molar-refractivity contribution in [2.75, 3.05) is 18.5 Å². The van der Waals surface area contributed by atoms with Gasteiger partial charge in [0.05, 0.1) is 0 Å².